The summed E-state index contributed by atoms with van der Waals surface area (Å²) in [6.07, 6.45) is 0. The Morgan fingerprint density at radius 2 is 1.69 bits per heavy atom. The summed E-state index contributed by atoms with van der Waals surface area (Å²) < 4.78 is 10.5. The van der Waals surface area contributed by atoms with Gasteiger partial charge in [-0.3, -0.25) is 9.79 Å². The van der Waals surface area contributed by atoms with Crippen molar-refractivity contribution in [1.82, 2.24) is 0 Å². The highest BCUT2D eigenvalue weighted by Gasteiger charge is 2.42. The first-order valence-corrected chi connectivity index (χ1v) is 8.41. The molecule has 0 spiro atoms. The van der Waals surface area contributed by atoms with Gasteiger partial charge >= 0.3 is 11.9 Å². The minimum absolute atomic E-state index is 0.101. The van der Waals surface area contributed by atoms with Gasteiger partial charge in [0, 0.05) is 17.3 Å². The molecule has 2 rings (SSSR count). The van der Waals surface area contributed by atoms with Gasteiger partial charge in [-0.1, -0.05) is 12.1 Å². The number of aromatic hydroxyl groups is 1. The Morgan fingerprint density at radius 3 is 2.19 bits per heavy atom. The Bertz CT molecular complexity index is 768. The van der Waals surface area contributed by atoms with E-state index in [1.165, 1.54) is 19.2 Å². The molecular weight excluding hydrogens is 334 g/mol. The molecule has 26 heavy (non-hydrogen) atoms. The lowest BCUT2D eigenvalue weighted by Crippen LogP contribution is -2.37. The fourth-order valence-corrected chi connectivity index (χ4v) is 3.11. The topological polar surface area (TPSA) is 85.2 Å². The number of nitrogens with zero attached hydrogens (tertiary/aromatic N) is 1. The molecule has 1 aromatic rings. The summed E-state index contributed by atoms with van der Waals surface area (Å²) in [6.45, 7) is 8.82. The third-order valence-corrected chi connectivity index (χ3v) is 4.15. The number of aliphatic imine (C=N–C) groups is 1. The van der Waals surface area contributed by atoms with E-state index >= 15 is 0 Å². The number of allylic oxidation sites excluding steroid dienone is 1. The van der Waals surface area contributed by atoms with Crippen LogP contribution in [0, 0.1) is 5.92 Å². The fourth-order valence-electron chi connectivity index (χ4n) is 3.11. The third kappa shape index (κ3) is 4.12. The molecule has 0 aliphatic carbocycles. The van der Waals surface area contributed by atoms with Crippen molar-refractivity contribution in [3.8, 4) is 5.75 Å². The quantitative estimate of drug-likeness (QED) is 0.837. The molecule has 1 aliphatic heterocycles. The lowest BCUT2D eigenvalue weighted by molar-refractivity contribution is -0.150. The van der Waals surface area contributed by atoms with Crippen molar-refractivity contribution in [3.63, 3.8) is 0 Å². The van der Waals surface area contributed by atoms with Crippen molar-refractivity contribution in [2.75, 3.05) is 7.11 Å². The standard InChI is InChI=1S/C20H25NO5/c1-11-15(18(23)25-6)17(13-7-9-14(22)10-8-13)16(12(2)21-11)19(24)26-20(3,4)5/h7-10,15,17,22H,1-6H3. The Labute approximate surface area is 153 Å². The number of esters is 2. The molecule has 1 aromatic carbocycles. The Balaban J connectivity index is 2.62. The van der Waals surface area contributed by atoms with Crippen LogP contribution in [-0.4, -0.2) is 35.5 Å². The van der Waals surface area contributed by atoms with Gasteiger partial charge in [0.2, 0.25) is 0 Å². The van der Waals surface area contributed by atoms with Gasteiger partial charge in [-0.25, -0.2) is 4.79 Å². The fraction of sp³-hybridized carbons (Fsp3) is 0.450. The van der Waals surface area contributed by atoms with E-state index in [0.717, 1.165) is 0 Å². The zero-order chi connectivity index (χ0) is 19.6. The molecule has 1 N–H and O–H groups in total. The predicted octanol–water partition coefficient (Wildman–Crippen LogP) is 3.36. The number of hydrogen-bond donors (Lipinski definition) is 1. The van der Waals surface area contributed by atoms with Gasteiger partial charge in [0.1, 0.15) is 17.3 Å². The molecule has 2 unspecified atom stereocenters. The summed E-state index contributed by atoms with van der Waals surface area (Å²) in [4.78, 5) is 29.8. The van der Waals surface area contributed by atoms with Crippen molar-refractivity contribution in [2.45, 2.75) is 46.1 Å². The second-order valence-corrected chi connectivity index (χ2v) is 7.32. The smallest absolute Gasteiger partial charge is 0.337 e. The molecule has 0 radical (unpaired) electrons. The van der Waals surface area contributed by atoms with Crippen LogP contribution in [-0.2, 0) is 19.1 Å². The molecule has 0 bridgehead atoms. The average molecular weight is 359 g/mol. The average Bonchev–Trinajstić information content (AvgIpc) is 2.52. The molecule has 0 aromatic heterocycles. The molecule has 140 valence electrons. The second kappa shape index (κ2) is 7.32. The summed E-state index contributed by atoms with van der Waals surface area (Å²) in [5, 5.41) is 9.59. The zero-order valence-corrected chi connectivity index (χ0v) is 16.0. The van der Waals surface area contributed by atoms with E-state index in [-0.39, 0.29) is 5.75 Å². The van der Waals surface area contributed by atoms with Gasteiger partial charge in [-0.2, -0.15) is 0 Å². The zero-order valence-electron chi connectivity index (χ0n) is 16.0. The van der Waals surface area contributed by atoms with Gasteiger partial charge in [-0.15, -0.1) is 0 Å². The molecule has 0 saturated heterocycles. The van der Waals surface area contributed by atoms with E-state index in [9.17, 15) is 14.7 Å². The number of methoxy groups -OCH3 is 1. The van der Waals surface area contributed by atoms with Gasteiger partial charge in [-0.05, 0) is 52.3 Å². The molecule has 0 amide bonds. The van der Waals surface area contributed by atoms with Crippen molar-refractivity contribution in [1.29, 1.82) is 0 Å². The van der Waals surface area contributed by atoms with Crippen LogP contribution in [0.1, 0.15) is 46.1 Å². The van der Waals surface area contributed by atoms with Crippen LogP contribution < -0.4 is 0 Å². The minimum Gasteiger partial charge on any atom is -0.508 e. The molecule has 0 saturated carbocycles. The lowest BCUT2D eigenvalue weighted by atomic mass is 9.75. The highest BCUT2D eigenvalue weighted by atomic mass is 16.6. The Morgan fingerprint density at radius 1 is 1.12 bits per heavy atom. The number of phenols is 1. The number of ether oxygens (including phenoxy) is 2. The first kappa shape index (κ1) is 19.7. The van der Waals surface area contributed by atoms with Crippen LogP contribution in [0.2, 0.25) is 0 Å². The number of hydrogen-bond acceptors (Lipinski definition) is 6. The Kier molecular flexibility index (Phi) is 5.54. The van der Waals surface area contributed by atoms with Crippen LogP contribution >= 0.6 is 0 Å². The molecular formula is C20H25NO5. The summed E-state index contributed by atoms with van der Waals surface area (Å²) in [6, 6.07) is 6.41. The number of carbonyl (C=O) groups excluding carboxylic acids is 2. The van der Waals surface area contributed by atoms with Crippen LogP contribution in [0.4, 0.5) is 0 Å². The maximum absolute atomic E-state index is 12.9. The molecule has 6 heteroatoms. The number of phenolic OH excluding ortho intramolecular Hbond substituents is 1. The van der Waals surface area contributed by atoms with E-state index in [1.54, 1.807) is 46.8 Å². The summed E-state index contributed by atoms with van der Waals surface area (Å²) >= 11 is 0. The largest absolute Gasteiger partial charge is 0.508 e. The van der Waals surface area contributed by atoms with Crippen LogP contribution in [0.25, 0.3) is 0 Å². The number of rotatable bonds is 3. The van der Waals surface area contributed by atoms with E-state index in [0.29, 0.717) is 22.5 Å². The van der Waals surface area contributed by atoms with Gasteiger partial charge in [0.15, 0.2) is 0 Å². The summed E-state index contributed by atoms with van der Waals surface area (Å²) in [7, 11) is 1.31. The Hall–Kier alpha value is -2.63. The molecule has 2 atom stereocenters. The van der Waals surface area contributed by atoms with Gasteiger partial charge < -0.3 is 14.6 Å². The highest BCUT2D eigenvalue weighted by Crippen LogP contribution is 2.40. The van der Waals surface area contributed by atoms with E-state index in [4.69, 9.17) is 9.47 Å². The third-order valence-electron chi connectivity index (χ3n) is 4.15. The van der Waals surface area contributed by atoms with Crippen molar-refractivity contribution < 1.29 is 24.2 Å². The molecule has 6 nitrogen and oxygen atoms in total. The summed E-state index contributed by atoms with van der Waals surface area (Å²) in [5.74, 6) is -2.23. The normalized spacial score (nSPS) is 20.5. The summed E-state index contributed by atoms with van der Waals surface area (Å²) in [5.41, 5.74) is 1.43. The van der Waals surface area contributed by atoms with Crippen molar-refractivity contribution in [3.05, 3.63) is 41.1 Å². The predicted molar refractivity (Wildman–Crippen MR) is 98.0 cm³/mol. The van der Waals surface area contributed by atoms with Crippen LogP contribution in [0.3, 0.4) is 0 Å². The first-order chi connectivity index (χ1) is 12.0. The lowest BCUT2D eigenvalue weighted by Gasteiger charge is -2.32. The van der Waals surface area contributed by atoms with Crippen molar-refractivity contribution in [2.24, 2.45) is 10.9 Å². The molecule has 0 fully saturated rings. The maximum Gasteiger partial charge on any atom is 0.337 e. The monoisotopic (exact) mass is 359 g/mol. The van der Waals surface area contributed by atoms with E-state index < -0.39 is 29.4 Å². The van der Waals surface area contributed by atoms with Gasteiger partial charge in [0.05, 0.1) is 12.7 Å². The minimum atomic E-state index is -0.740. The second-order valence-electron chi connectivity index (χ2n) is 7.32. The number of benzene rings is 1. The number of carbonyl (C=O) groups is 2. The van der Waals surface area contributed by atoms with Crippen LogP contribution in [0.5, 0.6) is 5.75 Å². The van der Waals surface area contributed by atoms with Crippen LogP contribution in [0.15, 0.2) is 40.5 Å². The highest BCUT2D eigenvalue weighted by molar-refractivity contribution is 6.07. The molecule has 1 aliphatic rings. The molecule has 1 heterocycles. The SMILES string of the molecule is COC(=O)C1C(C)=NC(C)=C(C(=O)OC(C)(C)C)C1c1ccc(O)cc1. The van der Waals surface area contributed by atoms with Gasteiger partial charge in [0.25, 0.3) is 0 Å². The first-order valence-electron chi connectivity index (χ1n) is 8.41. The van der Waals surface area contributed by atoms with E-state index in [2.05, 4.69) is 4.99 Å². The maximum atomic E-state index is 12.9. The van der Waals surface area contributed by atoms with Crippen molar-refractivity contribution >= 4 is 17.7 Å². The van der Waals surface area contributed by atoms with E-state index in [1.807, 2.05) is 0 Å².